The molecule has 0 aliphatic carbocycles. The van der Waals surface area contributed by atoms with Crippen molar-refractivity contribution in [3.63, 3.8) is 0 Å². The molecular formula is C11H12N2O3. The maximum absolute atomic E-state index is 10.5. The molecule has 0 spiro atoms. The molecule has 0 aliphatic heterocycles. The van der Waals surface area contributed by atoms with Crippen LogP contribution in [0.5, 0.6) is 0 Å². The van der Waals surface area contributed by atoms with E-state index in [-0.39, 0.29) is 6.42 Å². The van der Waals surface area contributed by atoms with Crippen LogP contribution in [0.15, 0.2) is 34.7 Å². The van der Waals surface area contributed by atoms with Crippen molar-refractivity contribution in [2.45, 2.75) is 12.6 Å². The van der Waals surface area contributed by atoms with E-state index in [2.05, 4.69) is 5.32 Å². The number of aliphatic hydroxyl groups excluding tert-OH is 1. The van der Waals surface area contributed by atoms with Gasteiger partial charge in [0.1, 0.15) is 17.6 Å². The van der Waals surface area contributed by atoms with Crippen molar-refractivity contribution in [1.82, 2.24) is 5.32 Å². The Bertz CT molecular complexity index is 474. The summed E-state index contributed by atoms with van der Waals surface area (Å²) in [5, 5.41) is 12.6. The average molecular weight is 220 g/mol. The average Bonchev–Trinajstić information content (AvgIpc) is 2.57. The zero-order chi connectivity index (χ0) is 11.5. The van der Waals surface area contributed by atoms with Gasteiger partial charge >= 0.3 is 6.03 Å². The highest BCUT2D eigenvalue weighted by Crippen LogP contribution is 2.19. The van der Waals surface area contributed by atoms with Crippen LogP contribution in [-0.2, 0) is 6.42 Å². The van der Waals surface area contributed by atoms with Gasteiger partial charge in [-0.1, -0.05) is 18.2 Å². The first-order valence-electron chi connectivity index (χ1n) is 4.86. The molecule has 2 amide bonds. The number of furan rings is 1. The lowest BCUT2D eigenvalue weighted by Crippen LogP contribution is -2.39. The summed E-state index contributed by atoms with van der Waals surface area (Å²) in [6.45, 7) is 0. The predicted molar refractivity (Wildman–Crippen MR) is 58.6 cm³/mol. The van der Waals surface area contributed by atoms with E-state index in [4.69, 9.17) is 10.2 Å². The Balaban J connectivity index is 2.12. The Labute approximate surface area is 91.8 Å². The van der Waals surface area contributed by atoms with Crippen molar-refractivity contribution in [3.05, 3.63) is 36.1 Å². The number of para-hydroxylation sites is 1. The zero-order valence-electron chi connectivity index (χ0n) is 8.51. The third-order valence-electron chi connectivity index (χ3n) is 2.18. The fourth-order valence-corrected chi connectivity index (χ4v) is 1.54. The van der Waals surface area contributed by atoms with Gasteiger partial charge < -0.3 is 20.6 Å². The van der Waals surface area contributed by atoms with E-state index in [1.54, 1.807) is 0 Å². The summed E-state index contributed by atoms with van der Waals surface area (Å²) < 4.78 is 5.47. The standard InChI is InChI=1S/C11H12N2O3/c12-11(15)13-10(14)6-8-5-7-3-1-2-4-9(7)16-8/h1-5,10,14H,6H2,(H3,12,13,15). The van der Waals surface area contributed by atoms with E-state index in [1.807, 2.05) is 30.3 Å². The highest BCUT2D eigenvalue weighted by Gasteiger charge is 2.10. The minimum absolute atomic E-state index is 0.192. The van der Waals surface area contributed by atoms with Crippen LogP contribution >= 0.6 is 0 Å². The van der Waals surface area contributed by atoms with E-state index in [0.717, 1.165) is 11.0 Å². The summed E-state index contributed by atoms with van der Waals surface area (Å²) in [7, 11) is 0. The Morgan fingerprint density at radius 1 is 1.50 bits per heavy atom. The molecule has 5 nitrogen and oxygen atoms in total. The molecule has 1 aromatic heterocycles. The highest BCUT2D eigenvalue weighted by molar-refractivity contribution is 5.77. The number of amides is 2. The Hall–Kier alpha value is -2.01. The molecule has 0 saturated carbocycles. The molecule has 4 N–H and O–H groups in total. The molecule has 0 radical (unpaired) electrons. The topological polar surface area (TPSA) is 88.5 Å². The Morgan fingerprint density at radius 3 is 2.94 bits per heavy atom. The third kappa shape index (κ3) is 2.32. The highest BCUT2D eigenvalue weighted by atomic mass is 16.3. The predicted octanol–water partition coefficient (Wildman–Crippen LogP) is 0.962. The van der Waals surface area contributed by atoms with E-state index < -0.39 is 12.3 Å². The van der Waals surface area contributed by atoms with Crippen LogP contribution in [0.2, 0.25) is 0 Å². The minimum atomic E-state index is -1.03. The SMILES string of the molecule is NC(=O)NC(O)Cc1cc2ccccc2o1. The second-order valence-electron chi connectivity index (χ2n) is 3.48. The molecule has 2 rings (SSSR count). The number of carbonyl (C=O) groups is 1. The summed E-state index contributed by atoms with van der Waals surface area (Å²) in [4.78, 5) is 10.5. The van der Waals surface area contributed by atoms with Crippen LogP contribution in [0, 0.1) is 0 Å². The lowest BCUT2D eigenvalue weighted by molar-refractivity contribution is 0.138. The molecule has 1 heterocycles. The van der Waals surface area contributed by atoms with Crippen LogP contribution in [0.3, 0.4) is 0 Å². The molecule has 84 valence electrons. The number of carbonyl (C=O) groups excluding carboxylic acids is 1. The smallest absolute Gasteiger partial charge is 0.314 e. The largest absolute Gasteiger partial charge is 0.461 e. The number of hydrogen-bond donors (Lipinski definition) is 3. The molecule has 0 saturated heterocycles. The summed E-state index contributed by atoms with van der Waals surface area (Å²) in [6.07, 6.45) is -0.837. The molecule has 5 heteroatoms. The number of hydrogen-bond acceptors (Lipinski definition) is 3. The normalized spacial score (nSPS) is 12.6. The maximum atomic E-state index is 10.5. The second-order valence-corrected chi connectivity index (χ2v) is 3.48. The number of primary amides is 1. The first-order valence-corrected chi connectivity index (χ1v) is 4.86. The van der Waals surface area contributed by atoms with Crippen LogP contribution in [0.25, 0.3) is 11.0 Å². The second kappa shape index (κ2) is 4.24. The maximum Gasteiger partial charge on any atom is 0.314 e. The first kappa shape index (κ1) is 10.5. The number of nitrogens with two attached hydrogens (primary N) is 1. The number of aliphatic hydroxyl groups is 1. The van der Waals surface area contributed by atoms with Gasteiger partial charge in [0, 0.05) is 5.39 Å². The van der Waals surface area contributed by atoms with Crippen molar-refractivity contribution < 1.29 is 14.3 Å². The van der Waals surface area contributed by atoms with Crippen LogP contribution in [0.4, 0.5) is 4.79 Å². The van der Waals surface area contributed by atoms with E-state index in [0.29, 0.717) is 5.76 Å². The van der Waals surface area contributed by atoms with Gasteiger partial charge in [-0.25, -0.2) is 4.79 Å². The zero-order valence-corrected chi connectivity index (χ0v) is 8.51. The van der Waals surface area contributed by atoms with Gasteiger partial charge in [-0.3, -0.25) is 0 Å². The third-order valence-corrected chi connectivity index (χ3v) is 2.18. The van der Waals surface area contributed by atoms with Crippen molar-refractivity contribution in [3.8, 4) is 0 Å². The lowest BCUT2D eigenvalue weighted by Gasteiger charge is -2.08. The molecule has 1 atom stereocenters. The van der Waals surface area contributed by atoms with E-state index >= 15 is 0 Å². The number of fused-ring (bicyclic) bond motifs is 1. The van der Waals surface area contributed by atoms with Gasteiger partial charge in [-0.15, -0.1) is 0 Å². The molecule has 2 aromatic rings. The number of urea groups is 1. The molecule has 0 fully saturated rings. The monoisotopic (exact) mass is 220 g/mol. The van der Waals surface area contributed by atoms with Gasteiger partial charge in [0.05, 0.1) is 6.42 Å². The molecule has 1 unspecified atom stereocenters. The van der Waals surface area contributed by atoms with Crippen molar-refractivity contribution in [1.29, 1.82) is 0 Å². The van der Waals surface area contributed by atoms with Gasteiger partial charge in [0.15, 0.2) is 0 Å². The van der Waals surface area contributed by atoms with Gasteiger partial charge in [0.2, 0.25) is 0 Å². The Kier molecular flexibility index (Phi) is 2.78. The van der Waals surface area contributed by atoms with Crippen molar-refractivity contribution >= 4 is 17.0 Å². The number of nitrogens with one attached hydrogen (secondary N) is 1. The van der Waals surface area contributed by atoms with Gasteiger partial charge in [0.25, 0.3) is 0 Å². The summed E-state index contributed by atoms with van der Waals surface area (Å²) in [5.41, 5.74) is 5.63. The number of benzene rings is 1. The fourth-order valence-electron chi connectivity index (χ4n) is 1.54. The minimum Gasteiger partial charge on any atom is -0.461 e. The molecule has 16 heavy (non-hydrogen) atoms. The summed E-state index contributed by atoms with van der Waals surface area (Å²) >= 11 is 0. The molecule has 1 aromatic carbocycles. The molecule has 0 aliphatic rings. The van der Waals surface area contributed by atoms with Crippen LogP contribution in [0.1, 0.15) is 5.76 Å². The first-order chi connectivity index (χ1) is 7.65. The lowest BCUT2D eigenvalue weighted by atomic mass is 10.2. The van der Waals surface area contributed by atoms with Crippen LogP contribution in [-0.4, -0.2) is 17.4 Å². The van der Waals surface area contributed by atoms with Gasteiger partial charge in [-0.05, 0) is 12.1 Å². The van der Waals surface area contributed by atoms with E-state index in [1.165, 1.54) is 0 Å². The summed E-state index contributed by atoms with van der Waals surface area (Å²) in [6, 6.07) is 8.58. The molecule has 0 bridgehead atoms. The van der Waals surface area contributed by atoms with Gasteiger partial charge in [-0.2, -0.15) is 0 Å². The van der Waals surface area contributed by atoms with Crippen LogP contribution < -0.4 is 11.1 Å². The van der Waals surface area contributed by atoms with E-state index in [9.17, 15) is 9.90 Å². The number of rotatable bonds is 3. The van der Waals surface area contributed by atoms with Crippen molar-refractivity contribution in [2.24, 2.45) is 5.73 Å². The summed E-state index contributed by atoms with van der Waals surface area (Å²) in [5.74, 6) is 0.599. The fraction of sp³-hybridized carbons (Fsp3) is 0.182. The molecular weight excluding hydrogens is 208 g/mol. The van der Waals surface area contributed by atoms with Crippen molar-refractivity contribution in [2.75, 3.05) is 0 Å². The Morgan fingerprint density at radius 2 is 2.25 bits per heavy atom. The quantitative estimate of drug-likeness (QED) is 0.673.